The molecule has 3 N–H and O–H groups in total. The van der Waals surface area contributed by atoms with Gasteiger partial charge in [0, 0.05) is 25.9 Å². The number of carbonyl (C=O) groups excluding carboxylic acids is 2. The van der Waals surface area contributed by atoms with E-state index < -0.39 is 5.91 Å². The number of hydrogen-bond acceptors (Lipinski definition) is 4. The SMILES string of the molecule is CN(CC(N)=O)C(=O)c1ccncc1C#CCCO. The molecular weight excluding hydrogens is 246 g/mol. The van der Waals surface area contributed by atoms with Crippen molar-refractivity contribution in [1.82, 2.24) is 9.88 Å². The average Bonchev–Trinajstić information content (AvgIpc) is 2.38. The smallest absolute Gasteiger partial charge is 0.255 e. The van der Waals surface area contributed by atoms with Crippen LogP contribution in [-0.2, 0) is 4.79 Å². The maximum absolute atomic E-state index is 12.1. The number of likely N-dealkylation sites (N-methyl/N-ethyl adjacent to an activating group) is 1. The topological polar surface area (TPSA) is 96.5 Å². The Hall–Kier alpha value is -2.39. The number of aliphatic hydroxyl groups is 1. The molecule has 0 radical (unpaired) electrons. The van der Waals surface area contributed by atoms with E-state index in [0.29, 0.717) is 17.5 Å². The van der Waals surface area contributed by atoms with E-state index in [1.807, 2.05) is 0 Å². The molecule has 0 aliphatic carbocycles. The molecule has 1 aromatic heterocycles. The Labute approximate surface area is 111 Å². The highest BCUT2D eigenvalue weighted by atomic mass is 16.2. The third kappa shape index (κ3) is 4.41. The van der Waals surface area contributed by atoms with Gasteiger partial charge in [-0.1, -0.05) is 11.8 Å². The average molecular weight is 261 g/mol. The fourth-order valence-electron chi connectivity index (χ4n) is 1.41. The van der Waals surface area contributed by atoms with Crippen LogP contribution in [0.4, 0.5) is 0 Å². The number of hydrogen-bond donors (Lipinski definition) is 2. The highest BCUT2D eigenvalue weighted by molar-refractivity contribution is 5.98. The summed E-state index contributed by atoms with van der Waals surface area (Å²) in [5.41, 5.74) is 5.85. The van der Waals surface area contributed by atoms with Crippen molar-refractivity contribution >= 4 is 11.8 Å². The van der Waals surface area contributed by atoms with E-state index in [9.17, 15) is 9.59 Å². The van der Waals surface area contributed by atoms with Crippen molar-refractivity contribution in [2.75, 3.05) is 20.2 Å². The zero-order valence-electron chi connectivity index (χ0n) is 10.6. The Morgan fingerprint density at radius 1 is 1.53 bits per heavy atom. The predicted octanol–water partition coefficient (Wildman–Crippen LogP) is -0.627. The van der Waals surface area contributed by atoms with Gasteiger partial charge in [-0.2, -0.15) is 0 Å². The van der Waals surface area contributed by atoms with Crippen molar-refractivity contribution < 1.29 is 14.7 Å². The maximum Gasteiger partial charge on any atom is 0.255 e. The molecule has 19 heavy (non-hydrogen) atoms. The third-order valence-electron chi connectivity index (χ3n) is 2.25. The molecule has 0 bridgehead atoms. The molecule has 1 aromatic rings. The minimum Gasteiger partial charge on any atom is -0.395 e. The fraction of sp³-hybridized carbons (Fsp3) is 0.308. The lowest BCUT2D eigenvalue weighted by atomic mass is 10.1. The molecule has 0 aliphatic rings. The molecule has 1 heterocycles. The number of carbonyl (C=O) groups is 2. The van der Waals surface area contributed by atoms with Gasteiger partial charge < -0.3 is 15.7 Å². The number of nitrogens with two attached hydrogens (primary N) is 1. The van der Waals surface area contributed by atoms with Crippen molar-refractivity contribution in [3.63, 3.8) is 0 Å². The summed E-state index contributed by atoms with van der Waals surface area (Å²) >= 11 is 0. The molecule has 0 aliphatic heterocycles. The highest BCUT2D eigenvalue weighted by Crippen LogP contribution is 2.08. The molecule has 0 aromatic carbocycles. The number of aliphatic hydroxyl groups excluding tert-OH is 1. The van der Waals surface area contributed by atoms with E-state index in [0.717, 1.165) is 0 Å². The van der Waals surface area contributed by atoms with Gasteiger partial charge in [0.2, 0.25) is 5.91 Å². The lowest BCUT2D eigenvalue weighted by Crippen LogP contribution is -2.35. The summed E-state index contributed by atoms with van der Waals surface area (Å²) in [6.45, 7) is -0.206. The van der Waals surface area contributed by atoms with Gasteiger partial charge in [0.1, 0.15) is 0 Å². The van der Waals surface area contributed by atoms with Gasteiger partial charge in [-0.25, -0.2) is 0 Å². The third-order valence-corrected chi connectivity index (χ3v) is 2.25. The summed E-state index contributed by atoms with van der Waals surface area (Å²) in [6.07, 6.45) is 3.26. The fourth-order valence-corrected chi connectivity index (χ4v) is 1.41. The van der Waals surface area contributed by atoms with Gasteiger partial charge in [0.15, 0.2) is 0 Å². The summed E-state index contributed by atoms with van der Waals surface area (Å²) in [5.74, 6) is 4.55. The number of pyridine rings is 1. The molecule has 1 rings (SSSR count). The monoisotopic (exact) mass is 261 g/mol. The van der Waals surface area contributed by atoms with Gasteiger partial charge in [-0.3, -0.25) is 14.6 Å². The number of aromatic nitrogens is 1. The first-order chi connectivity index (χ1) is 9.06. The lowest BCUT2D eigenvalue weighted by Gasteiger charge is -2.15. The van der Waals surface area contributed by atoms with Crippen molar-refractivity contribution in [1.29, 1.82) is 0 Å². The molecule has 0 atom stereocenters. The number of primary amides is 1. The number of amides is 2. The Morgan fingerprint density at radius 3 is 2.89 bits per heavy atom. The summed E-state index contributed by atoms with van der Waals surface area (Å²) in [7, 11) is 1.48. The van der Waals surface area contributed by atoms with Crippen LogP contribution in [0.5, 0.6) is 0 Å². The molecule has 0 fully saturated rings. The van der Waals surface area contributed by atoms with Gasteiger partial charge in [-0.15, -0.1) is 0 Å². The van der Waals surface area contributed by atoms with E-state index in [1.165, 1.54) is 30.4 Å². The predicted molar refractivity (Wildman–Crippen MR) is 69.0 cm³/mol. The van der Waals surface area contributed by atoms with Crippen LogP contribution in [0.25, 0.3) is 0 Å². The first kappa shape index (κ1) is 14.7. The van der Waals surface area contributed by atoms with Crippen LogP contribution in [0.15, 0.2) is 18.5 Å². The Kier molecular flexibility index (Phi) is 5.51. The first-order valence-electron chi connectivity index (χ1n) is 5.63. The summed E-state index contributed by atoms with van der Waals surface area (Å²) in [6, 6.07) is 1.53. The van der Waals surface area contributed by atoms with E-state index in [4.69, 9.17) is 10.8 Å². The largest absolute Gasteiger partial charge is 0.395 e. The van der Waals surface area contributed by atoms with Crippen molar-refractivity contribution in [2.45, 2.75) is 6.42 Å². The molecule has 0 spiro atoms. The van der Waals surface area contributed by atoms with Gasteiger partial charge in [0.05, 0.1) is 24.3 Å². The van der Waals surface area contributed by atoms with E-state index in [-0.39, 0.29) is 19.1 Å². The second kappa shape index (κ2) is 7.13. The zero-order valence-corrected chi connectivity index (χ0v) is 10.6. The molecule has 0 unspecified atom stereocenters. The molecule has 0 saturated heterocycles. The zero-order chi connectivity index (χ0) is 14.3. The molecule has 0 saturated carbocycles. The van der Waals surface area contributed by atoms with Crippen LogP contribution in [0.2, 0.25) is 0 Å². The van der Waals surface area contributed by atoms with E-state index in [2.05, 4.69) is 16.8 Å². The van der Waals surface area contributed by atoms with Crippen LogP contribution in [-0.4, -0.2) is 47.0 Å². The van der Waals surface area contributed by atoms with Crippen LogP contribution < -0.4 is 5.73 Å². The lowest BCUT2D eigenvalue weighted by molar-refractivity contribution is -0.118. The maximum atomic E-state index is 12.1. The first-order valence-corrected chi connectivity index (χ1v) is 5.63. The van der Waals surface area contributed by atoms with Gasteiger partial charge >= 0.3 is 0 Å². The van der Waals surface area contributed by atoms with Crippen molar-refractivity contribution in [3.8, 4) is 11.8 Å². The minimum absolute atomic E-state index is 0.0435. The molecule has 100 valence electrons. The van der Waals surface area contributed by atoms with Crippen LogP contribution in [0, 0.1) is 11.8 Å². The normalized spacial score (nSPS) is 9.37. The van der Waals surface area contributed by atoms with Crippen LogP contribution in [0.3, 0.4) is 0 Å². The second-order valence-corrected chi connectivity index (χ2v) is 3.82. The quantitative estimate of drug-likeness (QED) is 0.705. The van der Waals surface area contributed by atoms with Crippen molar-refractivity contribution in [3.05, 3.63) is 29.6 Å². The minimum atomic E-state index is -0.585. The standard InChI is InChI=1S/C13H15N3O3/c1-16(9-12(14)18)13(19)11-5-6-15-8-10(11)4-2-3-7-17/h5-6,8,17H,3,7,9H2,1H3,(H2,14,18). The van der Waals surface area contributed by atoms with E-state index >= 15 is 0 Å². The Balaban J connectivity index is 2.97. The number of nitrogens with zero attached hydrogens (tertiary/aromatic N) is 2. The Bertz CT molecular complexity index is 531. The molecular formula is C13H15N3O3. The van der Waals surface area contributed by atoms with E-state index in [1.54, 1.807) is 0 Å². The highest BCUT2D eigenvalue weighted by Gasteiger charge is 2.16. The van der Waals surface area contributed by atoms with Crippen LogP contribution in [0.1, 0.15) is 22.3 Å². The van der Waals surface area contributed by atoms with Crippen LogP contribution >= 0.6 is 0 Å². The number of rotatable bonds is 4. The molecule has 6 nitrogen and oxygen atoms in total. The van der Waals surface area contributed by atoms with Gasteiger partial charge in [-0.05, 0) is 6.07 Å². The summed E-state index contributed by atoms with van der Waals surface area (Å²) < 4.78 is 0. The Morgan fingerprint density at radius 2 is 2.26 bits per heavy atom. The molecule has 2 amide bonds. The summed E-state index contributed by atoms with van der Waals surface area (Å²) in [5, 5.41) is 8.67. The molecule has 6 heteroatoms. The van der Waals surface area contributed by atoms with Gasteiger partial charge in [0.25, 0.3) is 5.91 Å². The van der Waals surface area contributed by atoms with Crippen molar-refractivity contribution in [2.24, 2.45) is 5.73 Å². The second-order valence-electron chi connectivity index (χ2n) is 3.82. The summed E-state index contributed by atoms with van der Waals surface area (Å²) in [4.78, 5) is 28.0.